The molecule has 69 heavy (non-hydrogen) atoms. The van der Waals surface area contributed by atoms with E-state index in [-0.39, 0.29) is 68.1 Å². The Bertz CT molecular complexity index is 2060. The topological polar surface area (TPSA) is 387 Å². The summed E-state index contributed by atoms with van der Waals surface area (Å²) in [4.78, 5) is 119. The summed E-state index contributed by atoms with van der Waals surface area (Å²) in [7, 11) is 0. The second-order valence-electron chi connectivity index (χ2n) is 17.8. The lowest BCUT2D eigenvalue weighted by Crippen LogP contribution is -2.62. The number of carboxylic acids is 1. The standard InChI is InChI=1S/C45H71N13O11/c1-7-24(4)35(57-38(62)30-10-8-16-49-30)42(66)58-36(26(6)59)43(67)55-32(19-27-12-14-29(60)15-13-27)40(64)52-25(5)37(61)54-33(20-28-21-48-22-51-28)41(65)53-31(11-9-17-50-45(46)47)39(63)56-34(44(68)69)18-23(2)3/h12-15,21-26,30-36,49,59-60H,7-11,16-20H2,1-6H3,(H,48,51)(H,52,64)(H,53,65)(H,54,61)(H,55,67)(H,56,63)(H,57,62)(H,58,66)(H,68,69)(H4,46,47,50)/t24-,25-,26+,30-,31-,32-,33-,34-,35-,36-/m0/s1. The van der Waals surface area contributed by atoms with E-state index in [9.17, 15) is 53.7 Å². The maximum absolute atomic E-state index is 14.1. The second-order valence-corrected chi connectivity index (χ2v) is 17.8. The number of H-pyrrole nitrogens is 1. The van der Waals surface area contributed by atoms with Gasteiger partial charge in [-0.25, -0.2) is 9.78 Å². The second kappa shape index (κ2) is 27.9. The smallest absolute Gasteiger partial charge is 0.326 e. The fourth-order valence-electron chi connectivity index (χ4n) is 7.36. The number of guanidine groups is 1. The normalized spacial score (nSPS) is 17.2. The number of phenols is 1. The molecule has 0 aliphatic carbocycles. The summed E-state index contributed by atoms with van der Waals surface area (Å²) < 4.78 is 0. The predicted octanol–water partition coefficient (Wildman–Crippen LogP) is -2.32. The van der Waals surface area contributed by atoms with Gasteiger partial charge in [-0.05, 0) is 82.0 Å². The summed E-state index contributed by atoms with van der Waals surface area (Å²) in [5, 5.41) is 51.6. The molecule has 24 nitrogen and oxygen atoms in total. The number of carbonyl (C=O) groups is 8. The molecule has 1 fully saturated rings. The van der Waals surface area contributed by atoms with Crippen molar-refractivity contribution in [2.75, 3.05) is 13.1 Å². The van der Waals surface area contributed by atoms with Crippen LogP contribution < -0.4 is 54.0 Å². The maximum Gasteiger partial charge on any atom is 0.326 e. The van der Waals surface area contributed by atoms with Crippen molar-refractivity contribution < 1.29 is 53.7 Å². The summed E-state index contributed by atoms with van der Waals surface area (Å²) in [6.07, 6.45) is 3.06. The van der Waals surface area contributed by atoms with Crippen molar-refractivity contribution in [2.24, 2.45) is 28.3 Å². The molecule has 7 amide bonds. The minimum absolute atomic E-state index is 0.0273. The summed E-state index contributed by atoms with van der Waals surface area (Å²) in [5.74, 6) is -7.47. The Labute approximate surface area is 401 Å². The number of hydrogen-bond acceptors (Lipinski definition) is 13. The number of nitrogens with two attached hydrogens (primary N) is 2. The van der Waals surface area contributed by atoms with E-state index in [2.05, 4.69) is 57.5 Å². The number of nitrogens with zero attached hydrogens (tertiary/aromatic N) is 2. The molecule has 1 saturated heterocycles. The van der Waals surface area contributed by atoms with Gasteiger partial charge in [-0.1, -0.05) is 46.2 Å². The van der Waals surface area contributed by atoms with Gasteiger partial charge in [0.2, 0.25) is 41.4 Å². The third kappa shape index (κ3) is 19.0. The van der Waals surface area contributed by atoms with Gasteiger partial charge in [0.25, 0.3) is 0 Å². The maximum atomic E-state index is 14.1. The van der Waals surface area contributed by atoms with Crippen LogP contribution in [0.1, 0.15) is 91.3 Å². The first kappa shape index (κ1) is 56.5. The fraction of sp³-hybridized carbons (Fsp3) is 0.600. The van der Waals surface area contributed by atoms with Crippen LogP contribution in [0, 0.1) is 11.8 Å². The summed E-state index contributed by atoms with van der Waals surface area (Å²) >= 11 is 0. The van der Waals surface area contributed by atoms with Crippen LogP contribution in [0.15, 0.2) is 41.8 Å². The summed E-state index contributed by atoms with van der Waals surface area (Å²) in [6, 6.07) is -4.19. The van der Waals surface area contributed by atoms with Crippen LogP contribution in [-0.4, -0.2) is 146 Å². The molecule has 1 aliphatic rings. The van der Waals surface area contributed by atoms with E-state index in [1.165, 1.54) is 50.6 Å². The molecule has 0 radical (unpaired) electrons. The highest BCUT2D eigenvalue weighted by molar-refractivity contribution is 5.98. The number of imidazole rings is 1. The zero-order valence-corrected chi connectivity index (χ0v) is 40.0. The van der Waals surface area contributed by atoms with Gasteiger partial charge >= 0.3 is 5.97 Å². The first-order valence-corrected chi connectivity index (χ1v) is 23.2. The molecule has 382 valence electrons. The Kier molecular flexibility index (Phi) is 22.8. The Hall–Kier alpha value is -6.82. The average Bonchev–Trinajstić information content (AvgIpc) is 4.03. The van der Waals surface area contributed by atoms with Crippen LogP contribution in [0.25, 0.3) is 0 Å². The highest BCUT2D eigenvalue weighted by Crippen LogP contribution is 2.15. The third-order valence-corrected chi connectivity index (χ3v) is 11.5. The molecule has 1 aromatic carbocycles. The van der Waals surface area contributed by atoms with Gasteiger partial charge in [0.05, 0.1) is 18.5 Å². The van der Waals surface area contributed by atoms with Crippen molar-refractivity contribution >= 4 is 53.3 Å². The lowest BCUT2D eigenvalue weighted by molar-refractivity contribution is -0.143. The number of aliphatic hydroxyl groups is 1. The number of aliphatic carboxylic acids is 1. The molecule has 1 aliphatic heterocycles. The number of aromatic nitrogens is 2. The third-order valence-electron chi connectivity index (χ3n) is 11.5. The van der Waals surface area contributed by atoms with Gasteiger partial charge in [-0.15, -0.1) is 0 Å². The number of nitrogens with one attached hydrogen (secondary N) is 9. The molecule has 1 aromatic heterocycles. The molecule has 16 N–H and O–H groups in total. The molecule has 24 heteroatoms. The number of benzene rings is 1. The van der Waals surface area contributed by atoms with Crippen LogP contribution >= 0.6 is 0 Å². The van der Waals surface area contributed by atoms with Gasteiger partial charge < -0.3 is 74.3 Å². The Morgan fingerprint density at radius 3 is 1.93 bits per heavy atom. The number of aliphatic imine (C=N–C) groups is 1. The minimum atomic E-state index is -1.61. The summed E-state index contributed by atoms with van der Waals surface area (Å²) in [5.41, 5.74) is 11.8. The number of carbonyl (C=O) groups excluding carboxylic acids is 7. The average molecular weight is 970 g/mol. The number of aromatic amines is 1. The molecule has 0 bridgehead atoms. The van der Waals surface area contributed by atoms with Gasteiger partial charge in [0, 0.05) is 31.3 Å². The number of carboxylic acid groups (broad SMARTS) is 1. The number of amides is 7. The molecule has 0 saturated carbocycles. The molecular weight excluding hydrogens is 899 g/mol. The highest BCUT2D eigenvalue weighted by Gasteiger charge is 2.37. The van der Waals surface area contributed by atoms with Crippen molar-refractivity contribution in [2.45, 2.75) is 147 Å². The van der Waals surface area contributed by atoms with Crippen molar-refractivity contribution in [3.8, 4) is 5.75 Å². The van der Waals surface area contributed by atoms with Crippen LogP contribution in [0.5, 0.6) is 5.75 Å². The lowest BCUT2D eigenvalue weighted by atomic mass is 9.97. The van der Waals surface area contributed by atoms with Gasteiger partial charge in [-0.2, -0.15) is 0 Å². The molecule has 10 atom stereocenters. The van der Waals surface area contributed by atoms with Crippen LogP contribution in [0.3, 0.4) is 0 Å². The van der Waals surface area contributed by atoms with Crippen molar-refractivity contribution in [1.29, 1.82) is 0 Å². The SMILES string of the molecule is CC[C@H](C)[C@H](NC(=O)[C@@H]1CCCN1)C(=O)N[C@H](C(=O)N[C@@H](Cc1ccc(O)cc1)C(=O)N[C@@H](C)C(=O)N[C@@H](Cc1cnc[nH]1)C(=O)N[C@@H](CCCN=C(N)N)C(=O)N[C@@H](CC(C)C)C(=O)O)[C@@H](C)O. The van der Waals surface area contributed by atoms with E-state index in [0.29, 0.717) is 30.6 Å². The quantitative estimate of drug-likeness (QED) is 0.0242. The van der Waals surface area contributed by atoms with Gasteiger partial charge in [0.1, 0.15) is 48.0 Å². The van der Waals surface area contributed by atoms with Crippen LogP contribution in [-0.2, 0) is 51.2 Å². The molecular formula is C45H71N13O11. The van der Waals surface area contributed by atoms with Crippen LogP contribution in [0.4, 0.5) is 0 Å². The number of hydrogen-bond donors (Lipinski definition) is 14. The molecule has 2 heterocycles. The van der Waals surface area contributed by atoms with E-state index in [4.69, 9.17) is 11.5 Å². The largest absolute Gasteiger partial charge is 0.508 e. The Morgan fingerprint density at radius 2 is 1.36 bits per heavy atom. The number of aliphatic hydroxyl groups excluding tert-OH is 1. The first-order valence-electron chi connectivity index (χ1n) is 23.2. The van der Waals surface area contributed by atoms with Gasteiger partial charge in [-0.3, -0.25) is 38.6 Å². The van der Waals surface area contributed by atoms with E-state index < -0.39 is 95.9 Å². The fourth-order valence-corrected chi connectivity index (χ4v) is 7.36. The molecule has 0 spiro atoms. The zero-order valence-electron chi connectivity index (χ0n) is 40.0. The summed E-state index contributed by atoms with van der Waals surface area (Å²) in [6.45, 7) is 10.5. The Morgan fingerprint density at radius 1 is 0.768 bits per heavy atom. The monoisotopic (exact) mass is 970 g/mol. The molecule has 3 rings (SSSR count). The van der Waals surface area contributed by atoms with E-state index >= 15 is 0 Å². The number of aromatic hydroxyl groups is 1. The highest BCUT2D eigenvalue weighted by atomic mass is 16.4. The van der Waals surface area contributed by atoms with Crippen molar-refractivity contribution in [1.82, 2.24) is 52.5 Å². The van der Waals surface area contributed by atoms with E-state index in [1.807, 2.05) is 6.92 Å². The van der Waals surface area contributed by atoms with Gasteiger partial charge in [0.15, 0.2) is 5.96 Å². The first-order chi connectivity index (χ1) is 32.6. The minimum Gasteiger partial charge on any atom is -0.508 e. The van der Waals surface area contributed by atoms with E-state index in [0.717, 1.165) is 6.42 Å². The number of phenolic OH excluding ortho intramolecular Hbond substituents is 1. The van der Waals surface area contributed by atoms with Crippen molar-refractivity contribution in [3.05, 3.63) is 48.0 Å². The number of rotatable bonds is 28. The molecule has 2 aromatic rings. The van der Waals surface area contributed by atoms with Crippen LogP contribution in [0.2, 0.25) is 0 Å². The van der Waals surface area contributed by atoms with Crippen molar-refractivity contribution in [3.63, 3.8) is 0 Å². The predicted molar refractivity (Wildman–Crippen MR) is 252 cm³/mol. The van der Waals surface area contributed by atoms with E-state index in [1.54, 1.807) is 20.8 Å². The molecule has 0 unspecified atom stereocenters. The lowest BCUT2D eigenvalue weighted by Gasteiger charge is -2.29. The zero-order chi connectivity index (χ0) is 51.4. The Balaban J connectivity index is 1.84.